The van der Waals surface area contributed by atoms with Gasteiger partial charge in [-0.1, -0.05) is 59.3 Å². The minimum atomic E-state index is -0.940. The van der Waals surface area contributed by atoms with Crippen LogP contribution in [0.25, 0.3) is 0 Å². The Hall–Kier alpha value is -3.58. The van der Waals surface area contributed by atoms with Gasteiger partial charge in [-0.15, -0.1) is 0 Å². The van der Waals surface area contributed by atoms with E-state index in [0.717, 1.165) is 4.90 Å². The fourth-order valence-electron chi connectivity index (χ4n) is 3.53. The molecule has 0 aliphatic carbocycles. The van der Waals surface area contributed by atoms with Gasteiger partial charge in [0, 0.05) is 10.0 Å². The van der Waals surface area contributed by atoms with E-state index in [1.165, 1.54) is 12.1 Å². The molecule has 0 spiro atoms. The summed E-state index contributed by atoms with van der Waals surface area (Å²) in [6.07, 6.45) is -0.628. The molecule has 0 fully saturated rings. The Morgan fingerprint density at radius 2 is 1.56 bits per heavy atom. The van der Waals surface area contributed by atoms with Crippen molar-refractivity contribution in [2.75, 3.05) is 4.90 Å². The summed E-state index contributed by atoms with van der Waals surface area (Å²) in [5.41, 5.74) is 1.43. The van der Waals surface area contributed by atoms with E-state index in [1.807, 2.05) is 0 Å². The molecule has 1 unspecified atom stereocenters. The van der Waals surface area contributed by atoms with Crippen molar-refractivity contribution >= 4 is 45.2 Å². The molecule has 2 amide bonds. The Labute approximate surface area is 192 Å². The Balaban J connectivity index is 1.57. The van der Waals surface area contributed by atoms with E-state index in [0.29, 0.717) is 22.0 Å². The van der Waals surface area contributed by atoms with Gasteiger partial charge in [0.05, 0.1) is 22.4 Å². The van der Waals surface area contributed by atoms with Crippen LogP contribution in [0.2, 0.25) is 0 Å². The molecule has 0 aromatic heterocycles. The van der Waals surface area contributed by atoms with Crippen molar-refractivity contribution in [2.45, 2.75) is 19.4 Å². The standard InChI is InChI=1S/C25H18BrNO5/c1-2-21(22(28)15-7-4-3-5-8-15)32-25(31)16-9-6-10-18(13-16)27-23(29)19-12-11-17(26)14-20(19)24(27)30/h3-14,21H,2H2,1H3. The van der Waals surface area contributed by atoms with Crippen molar-refractivity contribution in [3.63, 3.8) is 0 Å². The fraction of sp³-hybridized carbons (Fsp3) is 0.120. The van der Waals surface area contributed by atoms with Crippen molar-refractivity contribution in [2.24, 2.45) is 0 Å². The highest BCUT2D eigenvalue weighted by Crippen LogP contribution is 2.31. The van der Waals surface area contributed by atoms with Gasteiger partial charge in [-0.3, -0.25) is 14.4 Å². The van der Waals surface area contributed by atoms with E-state index >= 15 is 0 Å². The maximum absolute atomic E-state index is 12.8. The number of rotatable bonds is 6. The summed E-state index contributed by atoms with van der Waals surface area (Å²) in [7, 11) is 0. The summed E-state index contributed by atoms with van der Waals surface area (Å²) in [5, 5.41) is 0. The van der Waals surface area contributed by atoms with Crippen LogP contribution in [0.1, 0.15) is 54.8 Å². The maximum atomic E-state index is 12.8. The van der Waals surface area contributed by atoms with Gasteiger partial charge in [-0.05, 0) is 42.8 Å². The topological polar surface area (TPSA) is 80.8 Å². The number of imide groups is 1. The van der Waals surface area contributed by atoms with Gasteiger partial charge in [0.1, 0.15) is 0 Å². The lowest BCUT2D eigenvalue weighted by Gasteiger charge is -2.17. The van der Waals surface area contributed by atoms with Gasteiger partial charge >= 0.3 is 5.97 Å². The molecule has 0 saturated carbocycles. The zero-order chi connectivity index (χ0) is 22.8. The lowest BCUT2D eigenvalue weighted by Crippen LogP contribution is -2.30. The van der Waals surface area contributed by atoms with Crippen LogP contribution in [0.3, 0.4) is 0 Å². The number of benzene rings is 3. The highest BCUT2D eigenvalue weighted by atomic mass is 79.9. The molecular formula is C25H18BrNO5. The highest BCUT2D eigenvalue weighted by Gasteiger charge is 2.37. The van der Waals surface area contributed by atoms with Gasteiger partial charge in [0.2, 0.25) is 5.78 Å². The zero-order valence-corrected chi connectivity index (χ0v) is 18.7. The summed E-state index contributed by atoms with van der Waals surface area (Å²) in [6.45, 7) is 1.76. The van der Waals surface area contributed by atoms with Gasteiger partial charge in [-0.2, -0.15) is 0 Å². The molecule has 0 radical (unpaired) electrons. The number of fused-ring (bicyclic) bond motifs is 1. The van der Waals surface area contributed by atoms with E-state index in [9.17, 15) is 19.2 Å². The fourth-order valence-corrected chi connectivity index (χ4v) is 3.89. The van der Waals surface area contributed by atoms with Crippen LogP contribution in [0.5, 0.6) is 0 Å². The first kappa shape index (κ1) is 21.6. The van der Waals surface area contributed by atoms with E-state index in [-0.39, 0.29) is 22.6 Å². The molecule has 4 rings (SSSR count). The lowest BCUT2D eigenvalue weighted by molar-refractivity contribution is 0.0277. The van der Waals surface area contributed by atoms with Crippen molar-refractivity contribution in [3.05, 3.63) is 99.5 Å². The normalized spacial score (nSPS) is 13.6. The monoisotopic (exact) mass is 491 g/mol. The van der Waals surface area contributed by atoms with Crippen LogP contribution in [0.15, 0.2) is 77.3 Å². The molecule has 7 heteroatoms. The van der Waals surface area contributed by atoms with Crippen molar-refractivity contribution in [3.8, 4) is 0 Å². The molecule has 1 atom stereocenters. The predicted molar refractivity (Wildman–Crippen MR) is 122 cm³/mol. The summed E-state index contributed by atoms with van der Waals surface area (Å²) in [6, 6.07) is 19.5. The van der Waals surface area contributed by atoms with Gasteiger partial charge < -0.3 is 4.74 Å². The number of carbonyl (C=O) groups is 4. The molecule has 3 aromatic rings. The number of carbonyl (C=O) groups excluding carboxylic acids is 4. The zero-order valence-electron chi connectivity index (χ0n) is 17.1. The van der Waals surface area contributed by atoms with Crippen LogP contribution in [0.4, 0.5) is 5.69 Å². The van der Waals surface area contributed by atoms with Crippen molar-refractivity contribution < 1.29 is 23.9 Å². The number of hydrogen-bond acceptors (Lipinski definition) is 5. The Kier molecular flexibility index (Phi) is 6.01. The van der Waals surface area contributed by atoms with Crippen LogP contribution < -0.4 is 4.90 Å². The number of esters is 1. The second-order valence-corrected chi connectivity index (χ2v) is 8.13. The summed E-state index contributed by atoms with van der Waals surface area (Å²) in [4.78, 5) is 52.1. The van der Waals surface area contributed by atoms with Crippen LogP contribution in [-0.4, -0.2) is 29.7 Å². The number of Topliss-reactive ketones (excluding diaryl/α,β-unsaturated/α-hetero) is 1. The number of amides is 2. The molecular weight excluding hydrogens is 474 g/mol. The largest absolute Gasteiger partial charge is 0.450 e. The van der Waals surface area contributed by atoms with E-state index < -0.39 is 23.9 Å². The van der Waals surface area contributed by atoms with Crippen LogP contribution >= 0.6 is 15.9 Å². The van der Waals surface area contributed by atoms with Crippen molar-refractivity contribution in [1.82, 2.24) is 0 Å². The minimum absolute atomic E-state index is 0.138. The number of ketones is 1. The predicted octanol–water partition coefficient (Wildman–Crippen LogP) is 5.07. The number of anilines is 1. The third-order valence-electron chi connectivity index (χ3n) is 5.16. The van der Waals surface area contributed by atoms with E-state index in [1.54, 1.807) is 67.6 Å². The first-order valence-electron chi connectivity index (χ1n) is 9.99. The molecule has 0 bridgehead atoms. The smallest absolute Gasteiger partial charge is 0.338 e. The Bertz CT molecular complexity index is 1240. The van der Waals surface area contributed by atoms with Gasteiger partial charge in [-0.25, -0.2) is 9.69 Å². The second kappa shape index (κ2) is 8.88. The summed E-state index contributed by atoms with van der Waals surface area (Å²) in [5.74, 6) is -1.93. The molecule has 6 nitrogen and oxygen atoms in total. The number of ether oxygens (including phenoxy) is 1. The molecule has 1 aliphatic rings. The third kappa shape index (κ3) is 3.99. The number of nitrogens with zero attached hydrogens (tertiary/aromatic N) is 1. The highest BCUT2D eigenvalue weighted by molar-refractivity contribution is 9.10. The maximum Gasteiger partial charge on any atom is 0.338 e. The molecule has 160 valence electrons. The first-order valence-corrected chi connectivity index (χ1v) is 10.8. The number of hydrogen-bond donors (Lipinski definition) is 0. The van der Waals surface area contributed by atoms with Crippen LogP contribution in [0, 0.1) is 0 Å². The minimum Gasteiger partial charge on any atom is -0.450 e. The Morgan fingerprint density at radius 3 is 2.28 bits per heavy atom. The molecule has 0 N–H and O–H groups in total. The lowest BCUT2D eigenvalue weighted by atomic mass is 10.0. The average molecular weight is 492 g/mol. The molecule has 0 saturated heterocycles. The van der Waals surface area contributed by atoms with E-state index in [2.05, 4.69) is 15.9 Å². The summed E-state index contributed by atoms with van der Waals surface area (Å²) >= 11 is 3.31. The quantitative estimate of drug-likeness (QED) is 0.273. The van der Waals surface area contributed by atoms with E-state index in [4.69, 9.17) is 4.74 Å². The second-order valence-electron chi connectivity index (χ2n) is 7.22. The third-order valence-corrected chi connectivity index (χ3v) is 5.65. The first-order chi connectivity index (χ1) is 15.4. The SMILES string of the molecule is CCC(OC(=O)c1cccc(N2C(=O)c3ccc(Br)cc3C2=O)c1)C(=O)c1ccccc1. The molecule has 32 heavy (non-hydrogen) atoms. The Morgan fingerprint density at radius 1 is 0.875 bits per heavy atom. The number of halogens is 1. The van der Waals surface area contributed by atoms with Crippen LogP contribution in [-0.2, 0) is 4.74 Å². The molecule has 3 aromatic carbocycles. The van der Waals surface area contributed by atoms with Crippen molar-refractivity contribution in [1.29, 1.82) is 0 Å². The molecule has 1 aliphatic heterocycles. The molecule has 1 heterocycles. The van der Waals surface area contributed by atoms with Gasteiger partial charge in [0.15, 0.2) is 6.10 Å². The average Bonchev–Trinajstić information content (AvgIpc) is 3.06. The summed E-state index contributed by atoms with van der Waals surface area (Å²) < 4.78 is 6.15. The van der Waals surface area contributed by atoms with Gasteiger partial charge in [0.25, 0.3) is 11.8 Å².